The van der Waals surface area contributed by atoms with Crippen LogP contribution in [0.3, 0.4) is 0 Å². The summed E-state index contributed by atoms with van der Waals surface area (Å²) in [6.07, 6.45) is 2.88. The van der Waals surface area contributed by atoms with E-state index in [0.29, 0.717) is 0 Å². The summed E-state index contributed by atoms with van der Waals surface area (Å²) in [5, 5.41) is 6.78. The minimum absolute atomic E-state index is 0.129. The number of ether oxygens (including phenoxy) is 1. The molecular weight excluding hydrogens is 312 g/mol. The second-order valence-corrected chi connectivity index (χ2v) is 8.47. The van der Waals surface area contributed by atoms with Gasteiger partial charge in [0.1, 0.15) is 5.60 Å². The van der Waals surface area contributed by atoms with Crippen molar-refractivity contribution in [3.63, 3.8) is 0 Å². The van der Waals surface area contributed by atoms with Crippen LogP contribution in [0.4, 0.5) is 4.79 Å². The highest BCUT2D eigenvalue weighted by atomic mass is 16.6. The first-order chi connectivity index (χ1) is 11.6. The highest BCUT2D eigenvalue weighted by Gasteiger charge is 2.31. The highest BCUT2D eigenvalue weighted by Crippen LogP contribution is 2.26. The average molecular weight is 347 g/mol. The van der Waals surface area contributed by atoms with Crippen molar-refractivity contribution in [2.24, 2.45) is 0 Å². The number of hydrogen-bond donors (Lipinski definition) is 2. The monoisotopic (exact) mass is 346 g/mol. The van der Waals surface area contributed by atoms with Gasteiger partial charge in [0.05, 0.1) is 0 Å². The van der Waals surface area contributed by atoms with Crippen molar-refractivity contribution < 1.29 is 9.53 Å². The molecule has 0 spiro atoms. The standard InChI is InChI=1S/C21H34N2O2/c1-13-11-15(3)17(12-14(13)2)16(4)22-18-9-8-10-19(18)23-20(24)25-21(5,6)7/h11-12,16,18-19,22H,8-10H2,1-7H3,(H,23,24). The zero-order chi connectivity index (χ0) is 18.8. The molecule has 2 N–H and O–H groups in total. The molecule has 3 atom stereocenters. The molecule has 2 rings (SSSR count). The van der Waals surface area contributed by atoms with Crippen molar-refractivity contribution in [3.05, 3.63) is 34.4 Å². The highest BCUT2D eigenvalue weighted by molar-refractivity contribution is 5.68. The molecule has 0 radical (unpaired) electrons. The number of carbonyl (C=O) groups is 1. The van der Waals surface area contributed by atoms with Crippen LogP contribution in [-0.4, -0.2) is 23.8 Å². The number of aryl methyl sites for hydroxylation is 3. The molecule has 1 saturated carbocycles. The summed E-state index contributed by atoms with van der Waals surface area (Å²) in [7, 11) is 0. The molecule has 1 amide bonds. The van der Waals surface area contributed by atoms with Crippen LogP contribution in [0.5, 0.6) is 0 Å². The number of carbonyl (C=O) groups excluding carboxylic acids is 1. The van der Waals surface area contributed by atoms with Crippen molar-refractivity contribution in [2.45, 2.75) is 91.5 Å². The fraction of sp³-hybridized carbons (Fsp3) is 0.667. The molecule has 0 aliphatic heterocycles. The summed E-state index contributed by atoms with van der Waals surface area (Å²) >= 11 is 0. The van der Waals surface area contributed by atoms with E-state index in [-0.39, 0.29) is 24.2 Å². The molecule has 0 saturated heterocycles. The van der Waals surface area contributed by atoms with Crippen LogP contribution in [0, 0.1) is 20.8 Å². The summed E-state index contributed by atoms with van der Waals surface area (Å²) in [4.78, 5) is 12.1. The van der Waals surface area contributed by atoms with Gasteiger partial charge in [0.15, 0.2) is 0 Å². The Morgan fingerprint density at radius 2 is 1.68 bits per heavy atom. The predicted molar refractivity (Wildman–Crippen MR) is 103 cm³/mol. The van der Waals surface area contributed by atoms with E-state index in [4.69, 9.17) is 4.74 Å². The van der Waals surface area contributed by atoms with Crippen LogP contribution < -0.4 is 10.6 Å². The fourth-order valence-corrected chi connectivity index (χ4v) is 3.65. The largest absolute Gasteiger partial charge is 0.444 e. The molecule has 1 aliphatic carbocycles. The molecule has 4 heteroatoms. The maximum atomic E-state index is 12.1. The molecular formula is C21H34N2O2. The van der Waals surface area contributed by atoms with E-state index in [1.165, 1.54) is 22.3 Å². The Kier molecular flexibility index (Phi) is 6.15. The first kappa shape index (κ1) is 19.8. The number of rotatable bonds is 4. The quantitative estimate of drug-likeness (QED) is 0.830. The average Bonchev–Trinajstić information content (AvgIpc) is 2.87. The maximum absolute atomic E-state index is 12.1. The van der Waals surface area contributed by atoms with Crippen molar-refractivity contribution in [3.8, 4) is 0 Å². The molecule has 0 bridgehead atoms. The summed E-state index contributed by atoms with van der Waals surface area (Å²) in [6.45, 7) is 14.4. The number of amides is 1. The minimum atomic E-state index is -0.463. The second-order valence-electron chi connectivity index (χ2n) is 8.47. The van der Waals surface area contributed by atoms with E-state index in [1.54, 1.807) is 0 Å². The van der Waals surface area contributed by atoms with Gasteiger partial charge in [-0.05, 0) is 90.0 Å². The number of benzene rings is 1. The van der Waals surface area contributed by atoms with Gasteiger partial charge in [-0.1, -0.05) is 12.1 Å². The third-order valence-corrected chi connectivity index (χ3v) is 5.03. The van der Waals surface area contributed by atoms with E-state index >= 15 is 0 Å². The van der Waals surface area contributed by atoms with Crippen LogP contribution in [0.2, 0.25) is 0 Å². The van der Waals surface area contributed by atoms with Gasteiger partial charge in [0.2, 0.25) is 0 Å². The SMILES string of the molecule is Cc1cc(C)c(C(C)NC2CCCC2NC(=O)OC(C)(C)C)cc1C. The molecule has 1 aromatic rings. The smallest absolute Gasteiger partial charge is 0.407 e. The Bertz CT molecular complexity index is 619. The Morgan fingerprint density at radius 1 is 1.08 bits per heavy atom. The molecule has 1 aromatic carbocycles. The van der Waals surface area contributed by atoms with Gasteiger partial charge in [-0.25, -0.2) is 4.79 Å². The molecule has 140 valence electrons. The molecule has 1 aliphatic rings. The molecule has 1 fully saturated rings. The Balaban J connectivity index is 2.01. The van der Waals surface area contributed by atoms with Gasteiger partial charge in [0.25, 0.3) is 0 Å². The van der Waals surface area contributed by atoms with Gasteiger partial charge in [0, 0.05) is 18.1 Å². The van der Waals surface area contributed by atoms with Gasteiger partial charge in [-0.15, -0.1) is 0 Å². The summed E-state index contributed by atoms with van der Waals surface area (Å²) in [5.41, 5.74) is 4.85. The van der Waals surface area contributed by atoms with Crippen LogP contribution in [0.1, 0.15) is 75.3 Å². The fourth-order valence-electron chi connectivity index (χ4n) is 3.65. The molecule has 0 heterocycles. The third-order valence-electron chi connectivity index (χ3n) is 5.03. The van der Waals surface area contributed by atoms with Crippen LogP contribution >= 0.6 is 0 Å². The zero-order valence-corrected chi connectivity index (χ0v) is 16.8. The predicted octanol–water partition coefficient (Wildman–Crippen LogP) is 4.71. The lowest BCUT2D eigenvalue weighted by molar-refractivity contribution is 0.0497. The van der Waals surface area contributed by atoms with Gasteiger partial charge in [-0.2, -0.15) is 0 Å². The Hall–Kier alpha value is -1.55. The van der Waals surface area contributed by atoms with Crippen molar-refractivity contribution in [2.75, 3.05) is 0 Å². The van der Waals surface area contributed by atoms with E-state index < -0.39 is 5.60 Å². The van der Waals surface area contributed by atoms with Crippen molar-refractivity contribution in [1.29, 1.82) is 0 Å². The minimum Gasteiger partial charge on any atom is -0.444 e. The Morgan fingerprint density at radius 3 is 2.32 bits per heavy atom. The first-order valence-electron chi connectivity index (χ1n) is 9.40. The lowest BCUT2D eigenvalue weighted by Gasteiger charge is -2.28. The van der Waals surface area contributed by atoms with Gasteiger partial charge in [-0.3, -0.25) is 0 Å². The van der Waals surface area contributed by atoms with Crippen LogP contribution in [0.25, 0.3) is 0 Å². The number of nitrogens with one attached hydrogen (secondary N) is 2. The number of alkyl carbamates (subject to hydrolysis) is 1. The van der Waals surface area contributed by atoms with Crippen LogP contribution in [-0.2, 0) is 4.74 Å². The van der Waals surface area contributed by atoms with E-state index in [1.807, 2.05) is 20.8 Å². The van der Waals surface area contributed by atoms with Gasteiger partial charge >= 0.3 is 6.09 Å². The first-order valence-corrected chi connectivity index (χ1v) is 9.40. The zero-order valence-electron chi connectivity index (χ0n) is 16.8. The topological polar surface area (TPSA) is 50.4 Å². The lowest BCUT2D eigenvalue weighted by atomic mass is 9.96. The van der Waals surface area contributed by atoms with Crippen molar-refractivity contribution in [1.82, 2.24) is 10.6 Å². The summed E-state index contributed by atoms with van der Waals surface area (Å²) in [5.74, 6) is 0. The van der Waals surface area contributed by atoms with Gasteiger partial charge < -0.3 is 15.4 Å². The second kappa shape index (κ2) is 7.77. The summed E-state index contributed by atoms with van der Waals surface area (Å²) in [6, 6.07) is 5.21. The molecule has 0 aromatic heterocycles. The summed E-state index contributed by atoms with van der Waals surface area (Å²) < 4.78 is 5.41. The van der Waals surface area contributed by atoms with E-state index in [9.17, 15) is 4.79 Å². The lowest BCUT2D eigenvalue weighted by Crippen LogP contribution is -2.48. The number of hydrogen-bond acceptors (Lipinski definition) is 3. The normalized spacial score (nSPS) is 21.9. The maximum Gasteiger partial charge on any atom is 0.407 e. The van der Waals surface area contributed by atoms with E-state index in [0.717, 1.165) is 19.3 Å². The molecule has 3 unspecified atom stereocenters. The third kappa shape index (κ3) is 5.46. The van der Waals surface area contributed by atoms with E-state index in [2.05, 4.69) is 50.5 Å². The molecule has 25 heavy (non-hydrogen) atoms. The molecule has 4 nitrogen and oxygen atoms in total. The Labute approximate surface area is 152 Å². The van der Waals surface area contributed by atoms with Crippen LogP contribution in [0.15, 0.2) is 12.1 Å². The van der Waals surface area contributed by atoms with Crippen molar-refractivity contribution >= 4 is 6.09 Å².